The number of hydrogen-bond donors (Lipinski definition) is 3. The summed E-state index contributed by atoms with van der Waals surface area (Å²) in [4.78, 5) is 0. The first-order valence-corrected chi connectivity index (χ1v) is 9.40. The van der Waals surface area contributed by atoms with Gasteiger partial charge in [0.25, 0.3) is 0 Å². The Morgan fingerprint density at radius 3 is 2.52 bits per heavy atom. The van der Waals surface area contributed by atoms with E-state index in [1.165, 1.54) is 18.2 Å². The summed E-state index contributed by atoms with van der Waals surface area (Å²) in [7, 11) is -3.61. The van der Waals surface area contributed by atoms with Crippen LogP contribution in [0.15, 0.2) is 18.2 Å². The maximum absolute atomic E-state index is 14.2. The van der Waals surface area contributed by atoms with Crippen LogP contribution < -0.4 is 11.1 Å². The van der Waals surface area contributed by atoms with Crippen LogP contribution in [0.3, 0.4) is 0 Å². The smallest absolute Gasteiger partial charge is 0.165 e. The zero-order valence-corrected chi connectivity index (χ0v) is 14.1. The third-order valence-electron chi connectivity index (χ3n) is 5.49. The summed E-state index contributed by atoms with van der Waals surface area (Å²) in [6.07, 6.45) is 2.61. The molecule has 0 unspecified atom stereocenters. The highest BCUT2D eigenvalue weighted by atomic mass is 32.2. The van der Waals surface area contributed by atoms with Gasteiger partial charge in [0, 0.05) is 11.3 Å². The fraction of sp³-hybridized carbons (Fsp3) is 0.562. The molecule has 0 spiro atoms. The van der Waals surface area contributed by atoms with Gasteiger partial charge < -0.3 is 11.1 Å². The van der Waals surface area contributed by atoms with Crippen LogP contribution in [-0.4, -0.2) is 24.8 Å². The van der Waals surface area contributed by atoms with E-state index in [4.69, 9.17) is 11.1 Å². The predicted octanol–water partition coefficient (Wildman–Crippen LogP) is 2.18. The van der Waals surface area contributed by atoms with Crippen molar-refractivity contribution in [2.75, 3.05) is 11.5 Å². The van der Waals surface area contributed by atoms with Crippen LogP contribution in [-0.2, 0) is 15.4 Å². The van der Waals surface area contributed by atoms with Gasteiger partial charge in [-0.05, 0) is 50.8 Å². The van der Waals surface area contributed by atoms with E-state index in [9.17, 15) is 12.8 Å². The molecule has 7 heteroatoms. The molecule has 4 N–H and O–H groups in total. The number of anilines is 1. The van der Waals surface area contributed by atoms with Gasteiger partial charge in [-0.25, -0.2) is 12.8 Å². The number of nitrogens with one attached hydrogen (secondary N) is 2. The first-order chi connectivity index (χ1) is 10.6. The SMILES string of the molecule is C[C@@]1(C2CCC2)C(=N)N[C@](C)(c2cc(N)ccc2F)CS1(=O)=O. The van der Waals surface area contributed by atoms with Crippen molar-refractivity contribution in [3.63, 3.8) is 0 Å². The van der Waals surface area contributed by atoms with Gasteiger partial charge in [0.05, 0.1) is 11.3 Å². The number of sulfone groups is 1. The Labute approximate surface area is 135 Å². The fourth-order valence-corrected chi connectivity index (χ4v) is 6.04. The standard InChI is InChI=1S/C16H22FN3O2S/c1-15(12-8-11(18)6-7-13(12)17)9-23(21,22)16(2,14(19)20-15)10-4-3-5-10/h6-8,10H,3-5,9,18H2,1-2H3,(H2,19,20)/t15-,16+/m0/s1. The molecule has 2 fully saturated rings. The van der Waals surface area contributed by atoms with E-state index in [2.05, 4.69) is 5.32 Å². The average Bonchev–Trinajstić information content (AvgIpc) is 2.36. The van der Waals surface area contributed by atoms with E-state index < -0.39 is 25.9 Å². The number of benzene rings is 1. The minimum Gasteiger partial charge on any atom is -0.399 e. The van der Waals surface area contributed by atoms with Crippen LogP contribution in [0.5, 0.6) is 0 Å². The number of nitrogen functional groups attached to an aromatic ring is 1. The molecule has 1 saturated heterocycles. The Balaban J connectivity index is 2.06. The summed E-state index contributed by atoms with van der Waals surface area (Å²) >= 11 is 0. The van der Waals surface area contributed by atoms with Crippen LogP contribution >= 0.6 is 0 Å². The molecule has 1 heterocycles. The lowest BCUT2D eigenvalue weighted by molar-refractivity contribution is 0.263. The van der Waals surface area contributed by atoms with Crippen LogP contribution in [0.1, 0.15) is 38.7 Å². The quantitative estimate of drug-likeness (QED) is 0.720. The molecule has 2 aliphatic rings. The highest BCUT2D eigenvalue weighted by Gasteiger charge is 2.58. The summed E-state index contributed by atoms with van der Waals surface area (Å²) in [5.41, 5.74) is 5.08. The second-order valence-electron chi connectivity index (χ2n) is 7.07. The second-order valence-corrected chi connectivity index (χ2v) is 9.43. The van der Waals surface area contributed by atoms with Crippen LogP contribution in [0.2, 0.25) is 0 Å². The van der Waals surface area contributed by atoms with Crippen molar-refractivity contribution in [1.82, 2.24) is 5.32 Å². The van der Waals surface area contributed by atoms with E-state index in [1.807, 2.05) is 0 Å². The Hall–Kier alpha value is -1.63. The van der Waals surface area contributed by atoms with Crippen molar-refractivity contribution in [2.45, 2.75) is 43.4 Å². The molecule has 23 heavy (non-hydrogen) atoms. The maximum atomic E-state index is 14.2. The molecule has 1 aromatic carbocycles. The van der Waals surface area contributed by atoms with Gasteiger partial charge in [-0.15, -0.1) is 0 Å². The molecule has 1 aliphatic heterocycles. The molecule has 3 rings (SSSR count). The highest BCUT2D eigenvalue weighted by Crippen LogP contribution is 2.46. The number of amidine groups is 1. The van der Waals surface area contributed by atoms with Gasteiger partial charge in [-0.2, -0.15) is 0 Å². The Morgan fingerprint density at radius 2 is 2.00 bits per heavy atom. The normalized spacial score (nSPS) is 33.8. The van der Waals surface area contributed by atoms with Gasteiger partial charge in [-0.1, -0.05) is 6.42 Å². The highest BCUT2D eigenvalue weighted by molar-refractivity contribution is 7.93. The van der Waals surface area contributed by atoms with Gasteiger partial charge in [0.2, 0.25) is 0 Å². The third kappa shape index (κ3) is 2.24. The Bertz CT molecular complexity index is 776. The third-order valence-corrected chi connectivity index (χ3v) is 8.28. The minimum atomic E-state index is -3.61. The molecule has 2 atom stereocenters. The molecule has 0 amide bonds. The van der Waals surface area contributed by atoms with Crippen LogP contribution in [0, 0.1) is 17.1 Å². The number of nitrogens with two attached hydrogens (primary N) is 1. The summed E-state index contributed by atoms with van der Waals surface area (Å²) in [5, 5.41) is 11.3. The predicted molar refractivity (Wildman–Crippen MR) is 88.6 cm³/mol. The monoisotopic (exact) mass is 339 g/mol. The number of hydrogen-bond acceptors (Lipinski definition) is 4. The van der Waals surface area contributed by atoms with E-state index >= 15 is 0 Å². The lowest BCUT2D eigenvalue weighted by Gasteiger charge is -2.50. The molecule has 5 nitrogen and oxygen atoms in total. The summed E-state index contributed by atoms with van der Waals surface area (Å²) in [5.74, 6) is -0.861. The lowest BCUT2D eigenvalue weighted by Crippen LogP contribution is -2.68. The summed E-state index contributed by atoms with van der Waals surface area (Å²) < 4.78 is 39.0. The van der Waals surface area contributed by atoms with Gasteiger partial charge in [0.15, 0.2) is 9.84 Å². The Kier molecular flexibility index (Phi) is 3.48. The molecule has 1 aromatic rings. The van der Waals surface area contributed by atoms with Crippen molar-refractivity contribution in [2.24, 2.45) is 5.92 Å². The molecule has 0 aromatic heterocycles. The Morgan fingerprint density at radius 1 is 1.35 bits per heavy atom. The lowest BCUT2D eigenvalue weighted by atomic mass is 9.74. The molecule has 1 aliphatic carbocycles. The molecule has 126 valence electrons. The van der Waals surface area contributed by atoms with Gasteiger partial charge in [-0.3, -0.25) is 5.41 Å². The molecule has 0 bridgehead atoms. The summed E-state index contributed by atoms with van der Waals surface area (Å²) in [6, 6.07) is 4.11. The zero-order chi connectivity index (χ0) is 17.0. The molecular weight excluding hydrogens is 317 g/mol. The van der Waals surface area contributed by atoms with Crippen molar-refractivity contribution in [1.29, 1.82) is 5.41 Å². The number of halogens is 1. The zero-order valence-electron chi connectivity index (χ0n) is 13.3. The van der Waals surface area contributed by atoms with Gasteiger partial charge >= 0.3 is 0 Å². The van der Waals surface area contributed by atoms with E-state index in [0.717, 1.165) is 19.3 Å². The number of rotatable bonds is 2. The first kappa shape index (κ1) is 16.2. The molecular formula is C16H22FN3O2S. The maximum Gasteiger partial charge on any atom is 0.165 e. The van der Waals surface area contributed by atoms with Crippen molar-refractivity contribution in [3.05, 3.63) is 29.6 Å². The fourth-order valence-electron chi connectivity index (χ4n) is 3.65. The van der Waals surface area contributed by atoms with Crippen LogP contribution in [0.4, 0.5) is 10.1 Å². The van der Waals surface area contributed by atoms with E-state index in [0.29, 0.717) is 5.69 Å². The van der Waals surface area contributed by atoms with Crippen molar-refractivity contribution >= 4 is 21.4 Å². The average molecular weight is 339 g/mol. The van der Waals surface area contributed by atoms with E-state index in [-0.39, 0.29) is 23.1 Å². The van der Waals surface area contributed by atoms with Crippen LogP contribution in [0.25, 0.3) is 0 Å². The van der Waals surface area contributed by atoms with Gasteiger partial charge in [0.1, 0.15) is 16.4 Å². The van der Waals surface area contributed by atoms with E-state index in [1.54, 1.807) is 13.8 Å². The molecule has 0 radical (unpaired) electrons. The van der Waals surface area contributed by atoms with Crippen molar-refractivity contribution < 1.29 is 12.8 Å². The summed E-state index contributed by atoms with van der Waals surface area (Å²) in [6.45, 7) is 3.23. The van der Waals surface area contributed by atoms with Crippen molar-refractivity contribution in [3.8, 4) is 0 Å². The topological polar surface area (TPSA) is 96.0 Å². The molecule has 1 saturated carbocycles. The minimum absolute atomic E-state index is 0.0391. The first-order valence-electron chi connectivity index (χ1n) is 7.75. The largest absolute Gasteiger partial charge is 0.399 e. The second kappa shape index (κ2) is 4.93.